The number of benzene rings is 3. The topological polar surface area (TPSA) is 85.8 Å². The molecule has 200 valence electrons. The summed E-state index contributed by atoms with van der Waals surface area (Å²) in [5.41, 5.74) is 6.64. The van der Waals surface area contributed by atoms with Crippen LogP contribution in [0, 0.1) is 13.8 Å². The second-order valence-electron chi connectivity index (χ2n) is 9.67. The molecule has 0 aromatic heterocycles. The number of anilines is 3. The molecule has 0 spiro atoms. The van der Waals surface area contributed by atoms with E-state index in [1.54, 1.807) is 11.8 Å². The van der Waals surface area contributed by atoms with Gasteiger partial charge in [-0.2, -0.15) is 0 Å². The highest BCUT2D eigenvalue weighted by atomic mass is 79.9. The number of nitrogens with zero attached hydrogens (tertiary/aromatic N) is 2. The smallest absolute Gasteiger partial charge is 0.323 e. The molecule has 3 N–H and O–H groups in total. The lowest BCUT2D eigenvalue weighted by molar-refractivity contribution is -0.113. The summed E-state index contributed by atoms with van der Waals surface area (Å²) >= 11 is 5.12. The van der Waals surface area contributed by atoms with Gasteiger partial charge in [0.05, 0.1) is 17.3 Å². The maximum absolute atomic E-state index is 13.7. The molecule has 9 heteroatoms. The van der Waals surface area contributed by atoms with E-state index in [2.05, 4.69) is 42.8 Å². The van der Waals surface area contributed by atoms with Crippen LogP contribution in [0.3, 0.4) is 0 Å². The second-order valence-corrected chi connectivity index (χ2v) is 11.6. The number of amidine groups is 1. The first-order valence-corrected chi connectivity index (χ1v) is 14.6. The number of carbonyl (C=O) groups is 2. The van der Waals surface area contributed by atoms with Crippen molar-refractivity contribution < 1.29 is 9.59 Å². The summed E-state index contributed by atoms with van der Waals surface area (Å²) in [5, 5.41) is 9.79. The van der Waals surface area contributed by atoms with Gasteiger partial charge in [-0.3, -0.25) is 4.79 Å². The van der Waals surface area contributed by atoms with Gasteiger partial charge in [0, 0.05) is 33.8 Å². The Labute approximate surface area is 241 Å². The molecule has 1 unspecified atom stereocenters. The predicted molar refractivity (Wildman–Crippen MR) is 164 cm³/mol. The van der Waals surface area contributed by atoms with Crippen LogP contribution in [-0.2, 0) is 4.79 Å². The maximum Gasteiger partial charge on any atom is 0.323 e. The number of thioether (sulfide) groups is 1. The van der Waals surface area contributed by atoms with Crippen LogP contribution in [0.25, 0.3) is 0 Å². The number of hydrogen-bond acceptors (Lipinski definition) is 5. The maximum atomic E-state index is 13.7. The minimum atomic E-state index is -0.325. The highest BCUT2D eigenvalue weighted by Crippen LogP contribution is 2.40. The van der Waals surface area contributed by atoms with Crippen molar-refractivity contribution in [1.82, 2.24) is 4.90 Å². The highest BCUT2D eigenvalue weighted by Gasteiger charge is 2.37. The van der Waals surface area contributed by atoms with Crippen LogP contribution in [0.2, 0.25) is 0 Å². The fourth-order valence-corrected chi connectivity index (χ4v) is 6.11. The van der Waals surface area contributed by atoms with Crippen LogP contribution in [0.4, 0.5) is 21.9 Å². The Kier molecular flexibility index (Phi) is 8.09. The minimum Gasteiger partial charge on any atom is -0.340 e. The number of hydrogen-bond donors (Lipinski definition) is 3. The zero-order valence-electron chi connectivity index (χ0n) is 22.0. The summed E-state index contributed by atoms with van der Waals surface area (Å²) in [6.07, 6.45) is 1.01. The van der Waals surface area contributed by atoms with Gasteiger partial charge in [0.25, 0.3) is 5.91 Å². The Morgan fingerprint density at radius 2 is 1.59 bits per heavy atom. The van der Waals surface area contributed by atoms with E-state index in [0.717, 1.165) is 56.4 Å². The van der Waals surface area contributed by atoms with Crippen molar-refractivity contribution in [3.8, 4) is 0 Å². The monoisotopic (exact) mass is 603 g/mol. The Morgan fingerprint density at radius 1 is 0.923 bits per heavy atom. The van der Waals surface area contributed by atoms with Crippen LogP contribution in [-0.4, -0.2) is 34.3 Å². The summed E-state index contributed by atoms with van der Waals surface area (Å²) in [6, 6.07) is 20.5. The van der Waals surface area contributed by atoms with E-state index >= 15 is 0 Å². The van der Waals surface area contributed by atoms with Crippen LogP contribution in [0.5, 0.6) is 0 Å². The first kappa shape index (κ1) is 27.0. The zero-order chi connectivity index (χ0) is 27.5. The number of nitrogens with one attached hydrogen (secondary N) is 3. The van der Waals surface area contributed by atoms with Crippen molar-refractivity contribution in [2.24, 2.45) is 4.99 Å². The molecule has 0 radical (unpaired) electrons. The normalized spacial score (nSPS) is 16.8. The number of allylic oxidation sites excluding steroid dienone is 1. The molecule has 1 atom stereocenters. The third-order valence-electron chi connectivity index (χ3n) is 6.72. The molecule has 1 saturated heterocycles. The molecule has 1 fully saturated rings. The largest absolute Gasteiger partial charge is 0.340 e. The molecule has 2 aliphatic heterocycles. The first-order valence-electron chi connectivity index (χ1n) is 12.8. The number of fused-ring (bicyclic) bond motifs is 1. The average Bonchev–Trinajstić information content (AvgIpc) is 2.91. The quantitative estimate of drug-likeness (QED) is 0.282. The van der Waals surface area contributed by atoms with Gasteiger partial charge in [0.2, 0.25) is 0 Å². The molecular weight excluding hydrogens is 574 g/mol. The van der Waals surface area contributed by atoms with Gasteiger partial charge in [-0.1, -0.05) is 57.5 Å². The number of carbonyl (C=O) groups excluding carboxylic acids is 2. The summed E-state index contributed by atoms with van der Waals surface area (Å²) in [6.45, 7) is 6.76. The van der Waals surface area contributed by atoms with Crippen molar-refractivity contribution in [3.63, 3.8) is 0 Å². The first-order chi connectivity index (χ1) is 18.8. The van der Waals surface area contributed by atoms with Gasteiger partial charge in [-0.05, 0) is 80.8 Å². The van der Waals surface area contributed by atoms with Crippen molar-refractivity contribution in [3.05, 3.63) is 99.2 Å². The zero-order valence-corrected chi connectivity index (χ0v) is 24.4. The van der Waals surface area contributed by atoms with Crippen molar-refractivity contribution >= 4 is 61.9 Å². The number of urea groups is 1. The lowest BCUT2D eigenvalue weighted by Crippen LogP contribution is -2.43. The Hall–Kier alpha value is -3.56. The fraction of sp³-hybridized carbons (Fsp3) is 0.233. The highest BCUT2D eigenvalue weighted by molar-refractivity contribution is 9.10. The van der Waals surface area contributed by atoms with E-state index < -0.39 is 0 Å². The van der Waals surface area contributed by atoms with Crippen LogP contribution in [0.15, 0.2) is 87.5 Å². The van der Waals surface area contributed by atoms with Crippen LogP contribution >= 0.6 is 27.7 Å². The van der Waals surface area contributed by atoms with Crippen molar-refractivity contribution in [1.29, 1.82) is 0 Å². The third kappa shape index (κ3) is 6.20. The molecular formula is C30H30BrN5O2S. The molecule has 0 bridgehead atoms. The van der Waals surface area contributed by atoms with E-state index in [-0.39, 0.29) is 18.0 Å². The number of rotatable bonds is 5. The molecule has 5 rings (SSSR count). The number of amides is 3. The van der Waals surface area contributed by atoms with Crippen molar-refractivity contribution in [2.75, 3.05) is 28.2 Å². The number of aryl methyl sites for hydroxylation is 2. The van der Waals surface area contributed by atoms with E-state index in [9.17, 15) is 9.59 Å². The average molecular weight is 605 g/mol. The molecule has 2 aliphatic rings. The standard InChI is InChI=1S/C30H30BrN5O2S/c1-18-5-14-25(19(2)17-18)35-28(37)26-20(3)32-30-36(15-4-16-39-30)27(26)21-6-10-23(11-7-21)33-29(38)34-24-12-8-22(31)9-13-24/h5-14,17,27H,4,15-16H2,1-3H3,(H,35,37)(H2,33,34,38). The van der Waals surface area contributed by atoms with E-state index in [4.69, 9.17) is 4.99 Å². The molecule has 2 heterocycles. The number of halogens is 1. The SMILES string of the molecule is CC1=C(C(=O)Nc2ccc(C)cc2C)C(c2ccc(NC(=O)Nc3ccc(Br)cc3)cc2)N2CCCSC2=N1. The summed E-state index contributed by atoms with van der Waals surface area (Å²) in [7, 11) is 0. The van der Waals surface area contributed by atoms with Gasteiger partial charge in [0.1, 0.15) is 0 Å². The van der Waals surface area contributed by atoms with Crippen molar-refractivity contribution in [2.45, 2.75) is 33.2 Å². The number of aliphatic imine (C=N–C) groups is 1. The van der Waals surface area contributed by atoms with Crippen LogP contribution in [0.1, 0.15) is 36.1 Å². The van der Waals surface area contributed by atoms with E-state index in [1.807, 2.05) is 81.4 Å². The van der Waals surface area contributed by atoms with Gasteiger partial charge in [-0.25, -0.2) is 9.79 Å². The van der Waals surface area contributed by atoms with Gasteiger partial charge in [0.15, 0.2) is 5.17 Å². The summed E-state index contributed by atoms with van der Waals surface area (Å²) < 4.78 is 0.943. The molecule has 0 aliphatic carbocycles. The Morgan fingerprint density at radius 3 is 2.26 bits per heavy atom. The predicted octanol–water partition coefficient (Wildman–Crippen LogP) is 7.47. The Bertz CT molecular complexity index is 1470. The molecule has 3 aromatic carbocycles. The van der Waals surface area contributed by atoms with Gasteiger partial charge < -0.3 is 20.9 Å². The van der Waals surface area contributed by atoms with E-state index in [0.29, 0.717) is 16.9 Å². The second kappa shape index (κ2) is 11.7. The van der Waals surface area contributed by atoms with Crippen LogP contribution < -0.4 is 16.0 Å². The lowest BCUT2D eigenvalue weighted by Gasteiger charge is -2.41. The summed E-state index contributed by atoms with van der Waals surface area (Å²) in [4.78, 5) is 33.3. The van der Waals surface area contributed by atoms with Gasteiger partial charge in [-0.15, -0.1) is 0 Å². The summed E-state index contributed by atoms with van der Waals surface area (Å²) in [5.74, 6) is 0.856. The molecule has 3 amide bonds. The third-order valence-corrected chi connectivity index (χ3v) is 8.33. The van der Waals surface area contributed by atoms with E-state index in [1.165, 1.54) is 0 Å². The molecule has 39 heavy (non-hydrogen) atoms. The fourth-order valence-electron chi connectivity index (χ4n) is 4.82. The Balaban J connectivity index is 1.39. The minimum absolute atomic E-state index is 0.154. The molecule has 7 nitrogen and oxygen atoms in total. The molecule has 0 saturated carbocycles. The van der Waals surface area contributed by atoms with Gasteiger partial charge >= 0.3 is 6.03 Å². The lowest BCUT2D eigenvalue weighted by atomic mass is 9.93. The molecule has 3 aromatic rings.